The van der Waals surface area contributed by atoms with Gasteiger partial charge in [-0.25, -0.2) is 0 Å². The number of amides is 1. The molecule has 1 unspecified atom stereocenters. The maximum Gasteiger partial charge on any atom is 0.254 e. The Bertz CT molecular complexity index is 796. The molecule has 1 amide bonds. The summed E-state index contributed by atoms with van der Waals surface area (Å²) < 4.78 is 0. The Morgan fingerprint density at radius 2 is 1.44 bits per heavy atom. The summed E-state index contributed by atoms with van der Waals surface area (Å²) in [6.07, 6.45) is 0.216. The maximum absolute atomic E-state index is 13.0. The number of carbonyl (C=O) groups is 3. The molecule has 0 spiro atoms. The molecule has 5 nitrogen and oxygen atoms in total. The van der Waals surface area contributed by atoms with Gasteiger partial charge < -0.3 is 10.0 Å². The highest BCUT2D eigenvalue weighted by Gasteiger charge is 2.47. The molecule has 0 bridgehead atoms. The van der Waals surface area contributed by atoms with Gasteiger partial charge in [-0.15, -0.1) is 0 Å². The van der Waals surface area contributed by atoms with Crippen molar-refractivity contribution in [3.63, 3.8) is 0 Å². The van der Waals surface area contributed by atoms with Crippen molar-refractivity contribution in [3.8, 4) is 11.1 Å². The van der Waals surface area contributed by atoms with Crippen LogP contribution < -0.4 is 0 Å². The lowest BCUT2D eigenvalue weighted by molar-refractivity contribution is -0.143. The molecule has 0 saturated carbocycles. The van der Waals surface area contributed by atoms with Gasteiger partial charge in [-0.3, -0.25) is 14.4 Å². The molecule has 142 valence electrons. The van der Waals surface area contributed by atoms with Gasteiger partial charge in [0.25, 0.3) is 5.91 Å². The normalized spacial score (nSPS) is 12.9. The number of benzene rings is 2. The third-order valence-electron chi connectivity index (χ3n) is 5.02. The lowest BCUT2D eigenvalue weighted by Crippen LogP contribution is -2.61. The van der Waals surface area contributed by atoms with E-state index in [4.69, 9.17) is 0 Å². The van der Waals surface area contributed by atoms with Crippen LogP contribution in [0.15, 0.2) is 54.6 Å². The van der Waals surface area contributed by atoms with E-state index in [2.05, 4.69) is 0 Å². The van der Waals surface area contributed by atoms with Crippen LogP contribution in [-0.4, -0.2) is 46.7 Å². The minimum absolute atomic E-state index is 0.101. The second-order valence-corrected chi connectivity index (χ2v) is 6.38. The number of rotatable bonds is 8. The Kier molecular flexibility index (Phi) is 6.64. The van der Waals surface area contributed by atoms with E-state index in [-0.39, 0.29) is 18.6 Å². The first-order valence-electron chi connectivity index (χ1n) is 9.03. The quantitative estimate of drug-likeness (QED) is 0.728. The average Bonchev–Trinajstić information content (AvgIpc) is 2.74. The van der Waals surface area contributed by atoms with Crippen LogP contribution in [0.25, 0.3) is 11.1 Å². The molecule has 0 fully saturated rings. The summed E-state index contributed by atoms with van der Waals surface area (Å²) in [6, 6.07) is 16.8. The third-order valence-corrected chi connectivity index (χ3v) is 5.02. The number of likely N-dealkylation sites (N-methyl/N-ethyl adjacent to an activating group) is 1. The molecule has 0 heterocycles. The molecule has 2 aromatic rings. The van der Waals surface area contributed by atoms with Crippen molar-refractivity contribution < 1.29 is 19.5 Å². The summed E-state index contributed by atoms with van der Waals surface area (Å²) in [5.41, 5.74) is 0.736. The topological polar surface area (TPSA) is 74.7 Å². The summed E-state index contributed by atoms with van der Waals surface area (Å²) in [4.78, 5) is 39.1. The minimum Gasteiger partial charge on any atom is -0.388 e. The fourth-order valence-electron chi connectivity index (χ4n) is 3.39. The Hall–Kier alpha value is -2.79. The summed E-state index contributed by atoms with van der Waals surface area (Å²) in [5.74, 6) is -1.46. The van der Waals surface area contributed by atoms with Crippen molar-refractivity contribution in [2.45, 2.75) is 32.2 Å². The highest BCUT2D eigenvalue weighted by molar-refractivity contribution is 6.15. The first-order valence-corrected chi connectivity index (χ1v) is 9.03. The molecule has 0 aliphatic heterocycles. The zero-order valence-corrected chi connectivity index (χ0v) is 15.9. The molecule has 0 aliphatic carbocycles. The molecule has 0 radical (unpaired) electrons. The van der Waals surface area contributed by atoms with Crippen LogP contribution in [0.3, 0.4) is 0 Å². The number of nitrogens with zero attached hydrogens (tertiary/aromatic N) is 1. The second kappa shape index (κ2) is 8.73. The van der Waals surface area contributed by atoms with Gasteiger partial charge in [-0.2, -0.15) is 0 Å². The Labute approximate surface area is 159 Å². The molecule has 0 aliphatic rings. The zero-order valence-electron chi connectivity index (χ0n) is 15.9. The highest BCUT2D eigenvalue weighted by atomic mass is 16.3. The molecule has 0 aromatic heterocycles. The number of ketones is 2. The molecular weight excluding hydrogens is 342 g/mol. The van der Waals surface area contributed by atoms with E-state index in [1.165, 1.54) is 11.9 Å². The summed E-state index contributed by atoms with van der Waals surface area (Å²) in [6.45, 7) is 2.53. The molecular formula is C22H25NO4. The van der Waals surface area contributed by atoms with Crippen LogP contribution >= 0.6 is 0 Å². The van der Waals surface area contributed by atoms with Crippen molar-refractivity contribution in [1.82, 2.24) is 4.90 Å². The average molecular weight is 367 g/mol. The number of hydrogen-bond acceptors (Lipinski definition) is 4. The Balaban J connectivity index is 2.36. The summed E-state index contributed by atoms with van der Waals surface area (Å²) in [5, 5.41) is 9.37. The SMILES string of the molecule is CCC(=O)C(CC)(C(=O)CO)N(C)C(=O)c1ccc(-c2ccccc2)cc1. The van der Waals surface area contributed by atoms with Crippen LogP contribution in [0.2, 0.25) is 0 Å². The third kappa shape index (κ3) is 3.83. The van der Waals surface area contributed by atoms with Gasteiger partial charge in [-0.1, -0.05) is 56.3 Å². The first kappa shape index (κ1) is 20.5. The first-order chi connectivity index (χ1) is 12.9. The number of carbonyl (C=O) groups excluding carboxylic acids is 3. The van der Waals surface area contributed by atoms with Crippen LogP contribution in [0.1, 0.15) is 37.0 Å². The molecule has 1 atom stereocenters. The van der Waals surface area contributed by atoms with Gasteiger partial charge in [0.15, 0.2) is 17.1 Å². The maximum atomic E-state index is 13.0. The smallest absolute Gasteiger partial charge is 0.254 e. The van der Waals surface area contributed by atoms with Gasteiger partial charge in [0.05, 0.1) is 0 Å². The fourth-order valence-corrected chi connectivity index (χ4v) is 3.39. The Morgan fingerprint density at radius 3 is 1.93 bits per heavy atom. The van der Waals surface area contributed by atoms with E-state index >= 15 is 0 Å². The van der Waals surface area contributed by atoms with Crippen molar-refractivity contribution in [3.05, 3.63) is 60.2 Å². The van der Waals surface area contributed by atoms with E-state index in [0.29, 0.717) is 5.56 Å². The highest BCUT2D eigenvalue weighted by Crippen LogP contribution is 2.26. The van der Waals surface area contributed by atoms with E-state index in [1.54, 1.807) is 26.0 Å². The summed E-state index contributed by atoms with van der Waals surface area (Å²) >= 11 is 0. The molecule has 5 heteroatoms. The van der Waals surface area contributed by atoms with Crippen molar-refractivity contribution in [2.24, 2.45) is 0 Å². The van der Waals surface area contributed by atoms with Crippen molar-refractivity contribution in [2.75, 3.05) is 13.7 Å². The van der Waals surface area contributed by atoms with Crippen LogP contribution in [0, 0.1) is 0 Å². The second-order valence-electron chi connectivity index (χ2n) is 6.38. The largest absolute Gasteiger partial charge is 0.388 e. The summed E-state index contributed by atoms with van der Waals surface area (Å²) in [7, 11) is 1.44. The van der Waals surface area contributed by atoms with Gasteiger partial charge in [0.1, 0.15) is 6.61 Å². The fraction of sp³-hybridized carbons (Fsp3) is 0.318. The van der Waals surface area contributed by atoms with Crippen LogP contribution in [0.4, 0.5) is 0 Å². The zero-order chi connectivity index (χ0) is 20.0. The number of aliphatic hydroxyl groups excluding tert-OH is 1. The van der Waals surface area contributed by atoms with Crippen molar-refractivity contribution in [1.29, 1.82) is 0 Å². The standard InChI is InChI=1S/C22H25NO4/c1-4-19(25)22(5-2,20(26)15-24)23(3)21(27)18-13-11-17(12-14-18)16-9-7-6-8-10-16/h6-14,24H,4-5,15H2,1-3H3. The lowest BCUT2D eigenvalue weighted by Gasteiger charge is -2.38. The van der Waals surface area contributed by atoms with Crippen molar-refractivity contribution >= 4 is 17.5 Å². The van der Waals surface area contributed by atoms with E-state index in [1.807, 2.05) is 42.5 Å². The molecule has 0 saturated heterocycles. The van der Waals surface area contributed by atoms with Gasteiger partial charge in [-0.05, 0) is 29.7 Å². The molecule has 2 aromatic carbocycles. The van der Waals surface area contributed by atoms with E-state index in [0.717, 1.165) is 11.1 Å². The molecule has 27 heavy (non-hydrogen) atoms. The van der Waals surface area contributed by atoms with Crippen LogP contribution in [0.5, 0.6) is 0 Å². The Morgan fingerprint density at radius 1 is 0.889 bits per heavy atom. The van der Waals surface area contributed by atoms with E-state index in [9.17, 15) is 19.5 Å². The minimum atomic E-state index is -1.64. The van der Waals surface area contributed by atoms with E-state index < -0.39 is 23.8 Å². The molecule has 2 rings (SSSR count). The number of aliphatic hydroxyl groups is 1. The predicted molar refractivity (Wildman–Crippen MR) is 104 cm³/mol. The monoisotopic (exact) mass is 367 g/mol. The van der Waals surface area contributed by atoms with Gasteiger partial charge in [0.2, 0.25) is 0 Å². The van der Waals surface area contributed by atoms with Gasteiger partial charge in [0, 0.05) is 19.0 Å². The predicted octanol–water partition coefficient (Wildman–Crippen LogP) is 3.11. The lowest BCUT2D eigenvalue weighted by atomic mass is 9.83. The molecule has 1 N–H and O–H groups in total. The number of Topliss-reactive ketones (excluding diaryl/α,β-unsaturated/α-hetero) is 2. The van der Waals surface area contributed by atoms with Gasteiger partial charge >= 0.3 is 0 Å². The van der Waals surface area contributed by atoms with Crippen LogP contribution in [-0.2, 0) is 9.59 Å². The number of hydrogen-bond donors (Lipinski definition) is 1.